The van der Waals surface area contributed by atoms with Crippen LogP contribution in [-0.4, -0.2) is 11.7 Å². The molecule has 2 nitrogen and oxygen atoms in total. The number of thioether (sulfide) groups is 1. The normalized spacial score (nSPS) is 10.4. The summed E-state index contributed by atoms with van der Waals surface area (Å²) in [5.41, 5.74) is 1.57. The van der Waals surface area contributed by atoms with Crippen LogP contribution in [0.1, 0.15) is 11.1 Å². The molecule has 0 radical (unpaired) electrons. The van der Waals surface area contributed by atoms with Crippen LogP contribution >= 0.6 is 11.8 Å². The van der Waals surface area contributed by atoms with Gasteiger partial charge in [-0.05, 0) is 23.3 Å². The van der Waals surface area contributed by atoms with Gasteiger partial charge in [0.2, 0.25) is 5.91 Å². The molecule has 0 spiro atoms. The second kappa shape index (κ2) is 7.78. The lowest BCUT2D eigenvalue weighted by Crippen LogP contribution is -2.24. The van der Waals surface area contributed by atoms with Crippen LogP contribution in [0, 0.1) is 11.6 Å². The van der Waals surface area contributed by atoms with Gasteiger partial charge in [0.1, 0.15) is 11.6 Å². The van der Waals surface area contributed by atoms with Crippen LogP contribution in [0.25, 0.3) is 0 Å². The van der Waals surface area contributed by atoms with Gasteiger partial charge in [0.05, 0.1) is 5.75 Å². The van der Waals surface area contributed by atoms with Crippen LogP contribution in [0.5, 0.6) is 0 Å². The van der Waals surface area contributed by atoms with E-state index < -0.39 is 11.6 Å². The zero-order chi connectivity index (χ0) is 15.1. The van der Waals surface area contributed by atoms with Gasteiger partial charge in [0.25, 0.3) is 0 Å². The van der Waals surface area contributed by atoms with Crippen molar-refractivity contribution in [3.63, 3.8) is 0 Å². The van der Waals surface area contributed by atoms with Crippen molar-refractivity contribution in [2.45, 2.75) is 12.3 Å². The van der Waals surface area contributed by atoms with Crippen molar-refractivity contribution < 1.29 is 13.6 Å². The first kappa shape index (κ1) is 15.5. The smallest absolute Gasteiger partial charge is 0.230 e. The highest BCUT2D eigenvalue weighted by Crippen LogP contribution is 2.11. The van der Waals surface area contributed by atoms with Gasteiger partial charge in [-0.2, -0.15) is 0 Å². The third kappa shape index (κ3) is 5.55. The fraction of sp³-hybridized carbons (Fsp3) is 0.188. The number of hydrogen-bond acceptors (Lipinski definition) is 2. The van der Waals surface area contributed by atoms with E-state index in [0.717, 1.165) is 17.4 Å². The fourth-order valence-corrected chi connectivity index (χ4v) is 2.62. The number of rotatable bonds is 6. The van der Waals surface area contributed by atoms with E-state index in [-0.39, 0.29) is 12.5 Å². The van der Waals surface area contributed by atoms with Gasteiger partial charge < -0.3 is 5.32 Å². The number of hydrogen-bond donors (Lipinski definition) is 1. The third-order valence-corrected chi connectivity index (χ3v) is 3.76. The van der Waals surface area contributed by atoms with Gasteiger partial charge in [-0.15, -0.1) is 11.8 Å². The number of benzene rings is 2. The summed E-state index contributed by atoms with van der Waals surface area (Å²) in [5.74, 6) is -0.369. The molecule has 1 amide bonds. The molecule has 0 saturated carbocycles. The van der Waals surface area contributed by atoms with E-state index in [2.05, 4.69) is 5.32 Å². The molecule has 2 rings (SSSR count). The van der Waals surface area contributed by atoms with Crippen LogP contribution in [0.4, 0.5) is 8.78 Å². The summed E-state index contributed by atoms with van der Waals surface area (Å²) >= 11 is 1.50. The molecule has 0 saturated heterocycles. The average Bonchev–Trinajstić information content (AvgIpc) is 2.45. The minimum atomic E-state index is -0.641. The number of nitrogens with one attached hydrogen (secondary N) is 1. The Kier molecular flexibility index (Phi) is 5.75. The van der Waals surface area contributed by atoms with Gasteiger partial charge in [0.15, 0.2) is 0 Å². The molecule has 21 heavy (non-hydrogen) atoms. The standard InChI is InChI=1S/C16H15F2NOS/c17-14-6-13(7-15(18)8-14)9-19-16(20)11-21-10-12-4-2-1-3-5-12/h1-8H,9-11H2,(H,19,20). The predicted molar refractivity (Wildman–Crippen MR) is 80.8 cm³/mol. The topological polar surface area (TPSA) is 29.1 Å². The van der Waals surface area contributed by atoms with E-state index in [4.69, 9.17) is 0 Å². The van der Waals surface area contributed by atoms with Crippen molar-refractivity contribution >= 4 is 17.7 Å². The van der Waals surface area contributed by atoms with Gasteiger partial charge in [-0.1, -0.05) is 30.3 Å². The van der Waals surface area contributed by atoms with Crippen LogP contribution in [-0.2, 0) is 17.1 Å². The van der Waals surface area contributed by atoms with Crippen LogP contribution in [0.2, 0.25) is 0 Å². The van der Waals surface area contributed by atoms with Crippen LogP contribution in [0.3, 0.4) is 0 Å². The molecule has 0 atom stereocenters. The van der Waals surface area contributed by atoms with Gasteiger partial charge in [-0.25, -0.2) is 8.78 Å². The molecule has 5 heteroatoms. The summed E-state index contributed by atoms with van der Waals surface area (Å²) in [4.78, 5) is 11.7. The van der Waals surface area contributed by atoms with E-state index in [1.807, 2.05) is 30.3 Å². The molecule has 0 aliphatic carbocycles. The lowest BCUT2D eigenvalue weighted by molar-refractivity contribution is -0.118. The van der Waals surface area contributed by atoms with Gasteiger partial charge in [-0.3, -0.25) is 4.79 Å². The lowest BCUT2D eigenvalue weighted by atomic mass is 10.2. The maximum atomic E-state index is 13.0. The zero-order valence-corrected chi connectivity index (χ0v) is 12.1. The minimum absolute atomic E-state index is 0.124. The highest BCUT2D eigenvalue weighted by atomic mass is 32.2. The molecule has 0 aliphatic heterocycles. The summed E-state index contributed by atoms with van der Waals surface area (Å²) in [6.07, 6.45) is 0. The maximum absolute atomic E-state index is 13.0. The Morgan fingerprint density at radius 3 is 2.33 bits per heavy atom. The molecule has 0 bridgehead atoms. The molecule has 1 N–H and O–H groups in total. The van der Waals surface area contributed by atoms with Crippen molar-refractivity contribution in [3.05, 3.63) is 71.3 Å². The van der Waals surface area contributed by atoms with Gasteiger partial charge in [0, 0.05) is 18.4 Å². The Bertz CT molecular complexity index is 584. The van der Waals surface area contributed by atoms with Crippen molar-refractivity contribution in [2.75, 3.05) is 5.75 Å². The Balaban J connectivity index is 1.72. The van der Waals surface area contributed by atoms with E-state index in [0.29, 0.717) is 11.3 Å². The van der Waals surface area contributed by atoms with Crippen LogP contribution in [0.15, 0.2) is 48.5 Å². The molecule has 0 fully saturated rings. The predicted octanol–water partition coefficient (Wildman–Crippen LogP) is 3.51. The largest absolute Gasteiger partial charge is 0.351 e. The molecular weight excluding hydrogens is 292 g/mol. The average molecular weight is 307 g/mol. The minimum Gasteiger partial charge on any atom is -0.351 e. The van der Waals surface area contributed by atoms with Crippen molar-refractivity contribution in [1.82, 2.24) is 5.32 Å². The summed E-state index contributed by atoms with van der Waals surface area (Å²) in [6.45, 7) is 0.124. The summed E-state index contributed by atoms with van der Waals surface area (Å²) in [7, 11) is 0. The molecule has 2 aromatic carbocycles. The number of halogens is 2. The summed E-state index contributed by atoms with van der Waals surface area (Å²) in [6, 6.07) is 13.1. The molecule has 0 heterocycles. The first-order valence-corrected chi connectivity index (χ1v) is 7.62. The SMILES string of the molecule is O=C(CSCc1ccccc1)NCc1cc(F)cc(F)c1. The first-order valence-electron chi connectivity index (χ1n) is 6.47. The lowest BCUT2D eigenvalue weighted by Gasteiger charge is -2.06. The second-order valence-electron chi connectivity index (χ2n) is 4.53. The van der Waals surface area contributed by atoms with E-state index in [9.17, 15) is 13.6 Å². The monoisotopic (exact) mass is 307 g/mol. The Labute approximate surface area is 126 Å². The molecule has 0 unspecified atom stereocenters. The third-order valence-electron chi connectivity index (χ3n) is 2.76. The number of amides is 1. The summed E-state index contributed by atoms with van der Waals surface area (Å²) in [5, 5.41) is 2.65. The van der Waals surface area contributed by atoms with Crippen LogP contribution < -0.4 is 5.32 Å². The summed E-state index contributed by atoms with van der Waals surface area (Å²) < 4.78 is 26.0. The molecular formula is C16H15F2NOS. The maximum Gasteiger partial charge on any atom is 0.230 e. The quantitative estimate of drug-likeness (QED) is 0.885. The molecule has 0 aliphatic rings. The Morgan fingerprint density at radius 2 is 1.67 bits per heavy atom. The van der Waals surface area contributed by atoms with Crippen molar-refractivity contribution in [1.29, 1.82) is 0 Å². The Morgan fingerprint density at radius 1 is 1.00 bits per heavy atom. The second-order valence-corrected chi connectivity index (χ2v) is 5.52. The van der Waals surface area contributed by atoms with Gasteiger partial charge >= 0.3 is 0 Å². The van der Waals surface area contributed by atoms with E-state index >= 15 is 0 Å². The molecule has 2 aromatic rings. The highest BCUT2D eigenvalue weighted by Gasteiger charge is 2.04. The van der Waals surface area contributed by atoms with Crippen molar-refractivity contribution in [3.8, 4) is 0 Å². The molecule has 110 valence electrons. The number of carbonyl (C=O) groups is 1. The zero-order valence-electron chi connectivity index (χ0n) is 11.3. The molecule has 0 aromatic heterocycles. The van der Waals surface area contributed by atoms with Crippen molar-refractivity contribution in [2.24, 2.45) is 0 Å². The van der Waals surface area contributed by atoms with E-state index in [1.54, 1.807) is 0 Å². The first-order chi connectivity index (χ1) is 10.1. The van der Waals surface area contributed by atoms with E-state index in [1.165, 1.54) is 23.9 Å². The Hall–Kier alpha value is -1.88. The number of carbonyl (C=O) groups excluding carboxylic acids is 1. The highest BCUT2D eigenvalue weighted by molar-refractivity contribution is 7.99. The fourth-order valence-electron chi connectivity index (χ4n) is 1.80.